The quantitative estimate of drug-likeness (QED) is 0.729. The van der Waals surface area contributed by atoms with Gasteiger partial charge < -0.3 is 16.0 Å². The summed E-state index contributed by atoms with van der Waals surface area (Å²) in [7, 11) is 0. The number of carbonyl (C=O) groups excluding carboxylic acids is 4. The lowest BCUT2D eigenvalue weighted by Gasteiger charge is -2.31. The van der Waals surface area contributed by atoms with Crippen LogP contribution in [0.4, 0.5) is 0 Å². The molecule has 7 nitrogen and oxygen atoms in total. The van der Waals surface area contributed by atoms with E-state index in [-0.39, 0.29) is 35.9 Å². The van der Waals surface area contributed by atoms with Gasteiger partial charge in [0.15, 0.2) is 0 Å². The Hall–Kier alpha value is -1.92. The highest BCUT2D eigenvalue weighted by Crippen LogP contribution is 2.24. The minimum absolute atomic E-state index is 0.0623. The normalized spacial score (nSPS) is 26.2. The lowest BCUT2D eigenvalue weighted by atomic mass is 9.96. The summed E-state index contributed by atoms with van der Waals surface area (Å²) >= 11 is 0. The molecule has 0 aromatic rings. The van der Waals surface area contributed by atoms with E-state index in [1.807, 2.05) is 13.8 Å². The van der Waals surface area contributed by atoms with Gasteiger partial charge in [-0.1, -0.05) is 20.3 Å². The topological polar surface area (TPSA) is 110 Å². The maximum atomic E-state index is 12.9. The van der Waals surface area contributed by atoms with E-state index in [2.05, 4.69) is 5.32 Å². The van der Waals surface area contributed by atoms with Gasteiger partial charge in [0, 0.05) is 25.3 Å². The number of Topliss-reactive ketones (excluding diaryl/α,β-unsaturated/α-hetero) is 1. The van der Waals surface area contributed by atoms with Gasteiger partial charge in [0.25, 0.3) is 0 Å². The molecule has 2 rings (SSSR count). The van der Waals surface area contributed by atoms with Crippen LogP contribution in [0.5, 0.6) is 0 Å². The Kier molecular flexibility index (Phi) is 5.96. The molecule has 0 bridgehead atoms. The number of hydrogen-bond donors (Lipinski definition) is 2. The minimum atomic E-state index is -0.682. The fourth-order valence-corrected chi connectivity index (χ4v) is 3.50. The van der Waals surface area contributed by atoms with Gasteiger partial charge in [0.1, 0.15) is 17.9 Å². The van der Waals surface area contributed by atoms with E-state index < -0.39 is 18.0 Å². The molecule has 0 radical (unpaired) electrons. The first-order chi connectivity index (χ1) is 11.3. The summed E-state index contributed by atoms with van der Waals surface area (Å²) < 4.78 is 0. The number of likely N-dealkylation sites (tertiary alicyclic amines) is 1. The van der Waals surface area contributed by atoms with Crippen LogP contribution in [0, 0.1) is 11.8 Å². The zero-order chi connectivity index (χ0) is 17.9. The van der Waals surface area contributed by atoms with Gasteiger partial charge in [0.2, 0.25) is 17.7 Å². The highest BCUT2D eigenvalue weighted by Gasteiger charge is 2.39. The Labute approximate surface area is 142 Å². The predicted octanol–water partition coefficient (Wildman–Crippen LogP) is 0.363. The number of rotatable bonds is 6. The van der Waals surface area contributed by atoms with Crippen molar-refractivity contribution >= 4 is 23.5 Å². The molecule has 24 heavy (non-hydrogen) atoms. The van der Waals surface area contributed by atoms with Gasteiger partial charge in [-0.3, -0.25) is 19.2 Å². The molecule has 0 aromatic heterocycles. The molecule has 1 unspecified atom stereocenters. The fraction of sp³-hybridized carbons (Fsp3) is 0.765. The van der Waals surface area contributed by atoms with E-state index >= 15 is 0 Å². The number of nitrogens with one attached hydrogen (secondary N) is 1. The van der Waals surface area contributed by atoms with Crippen LogP contribution in [0.15, 0.2) is 0 Å². The number of ketones is 1. The zero-order valence-electron chi connectivity index (χ0n) is 14.4. The van der Waals surface area contributed by atoms with E-state index in [1.165, 1.54) is 4.90 Å². The molecule has 7 heteroatoms. The van der Waals surface area contributed by atoms with Crippen LogP contribution in [0.3, 0.4) is 0 Å². The summed E-state index contributed by atoms with van der Waals surface area (Å²) in [5.74, 6) is -1.31. The molecule has 0 aromatic carbocycles. The summed E-state index contributed by atoms with van der Waals surface area (Å²) in [6.45, 7) is 4.33. The number of primary amides is 1. The van der Waals surface area contributed by atoms with Gasteiger partial charge >= 0.3 is 0 Å². The van der Waals surface area contributed by atoms with Crippen LogP contribution in [0.25, 0.3) is 0 Å². The summed E-state index contributed by atoms with van der Waals surface area (Å²) in [4.78, 5) is 49.8. The molecule has 3 N–H and O–H groups in total. The number of carbonyl (C=O) groups is 4. The second-order valence-corrected chi connectivity index (χ2v) is 6.94. The first-order valence-corrected chi connectivity index (χ1v) is 8.77. The Morgan fingerprint density at radius 1 is 1.33 bits per heavy atom. The van der Waals surface area contributed by atoms with Crippen molar-refractivity contribution in [2.45, 2.75) is 64.5 Å². The van der Waals surface area contributed by atoms with Crippen molar-refractivity contribution < 1.29 is 19.2 Å². The molecule has 2 fully saturated rings. The maximum absolute atomic E-state index is 12.9. The van der Waals surface area contributed by atoms with Crippen LogP contribution in [-0.4, -0.2) is 47.0 Å². The third-order valence-electron chi connectivity index (χ3n) is 5.26. The van der Waals surface area contributed by atoms with Gasteiger partial charge in [-0.25, -0.2) is 0 Å². The molecular weight excluding hydrogens is 310 g/mol. The molecule has 2 aliphatic rings. The lowest BCUT2D eigenvalue weighted by molar-refractivity contribution is -0.142. The van der Waals surface area contributed by atoms with Gasteiger partial charge in [-0.15, -0.1) is 0 Å². The Balaban J connectivity index is 2.10. The third kappa shape index (κ3) is 3.94. The second kappa shape index (κ2) is 7.77. The maximum Gasteiger partial charge on any atom is 0.246 e. The van der Waals surface area contributed by atoms with Gasteiger partial charge in [-0.2, -0.15) is 0 Å². The van der Waals surface area contributed by atoms with Crippen molar-refractivity contribution in [3.05, 3.63) is 0 Å². The molecule has 1 saturated carbocycles. The molecule has 1 saturated heterocycles. The predicted molar refractivity (Wildman–Crippen MR) is 87.7 cm³/mol. The molecule has 1 heterocycles. The Morgan fingerprint density at radius 2 is 2.04 bits per heavy atom. The number of nitrogens with two attached hydrogens (primary N) is 1. The molecule has 1 aliphatic heterocycles. The van der Waals surface area contributed by atoms with E-state index in [1.54, 1.807) is 0 Å². The molecule has 4 atom stereocenters. The van der Waals surface area contributed by atoms with E-state index in [9.17, 15) is 19.2 Å². The van der Waals surface area contributed by atoms with Crippen molar-refractivity contribution in [2.24, 2.45) is 17.6 Å². The minimum Gasteiger partial charge on any atom is -0.368 e. The lowest BCUT2D eigenvalue weighted by Crippen LogP contribution is -2.55. The van der Waals surface area contributed by atoms with E-state index in [0.717, 1.165) is 12.8 Å². The first-order valence-electron chi connectivity index (χ1n) is 8.77. The molecule has 134 valence electrons. The fourth-order valence-electron chi connectivity index (χ4n) is 3.50. The molecule has 3 amide bonds. The number of nitrogens with zero attached hydrogens (tertiary/aromatic N) is 1. The highest BCUT2D eigenvalue weighted by molar-refractivity contribution is 5.94. The standard InChI is InChI=1S/C17H27N3O4/c1-3-10(2)14(19-16(23)11-6-7-12(21)9-11)17(24)20-8-4-5-13(20)15(18)22/h10-11,13-14H,3-9H2,1-2H3,(H2,18,22)(H,19,23)/t10-,11?,13-,14-/m0/s1. The molecule has 0 spiro atoms. The van der Waals surface area contributed by atoms with Crippen molar-refractivity contribution in [3.8, 4) is 0 Å². The smallest absolute Gasteiger partial charge is 0.246 e. The van der Waals surface area contributed by atoms with Gasteiger partial charge in [0.05, 0.1) is 0 Å². The first kappa shape index (κ1) is 18.4. The van der Waals surface area contributed by atoms with Gasteiger partial charge in [-0.05, 0) is 25.2 Å². The van der Waals surface area contributed by atoms with Crippen molar-refractivity contribution in [3.63, 3.8) is 0 Å². The van der Waals surface area contributed by atoms with Crippen molar-refractivity contribution in [1.29, 1.82) is 0 Å². The second-order valence-electron chi connectivity index (χ2n) is 6.94. The third-order valence-corrected chi connectivity index (χ3v) is 5.26. The average Bonchev–Trinajstić information content (AvgIpc) is 3.19. The van der Waals surface area contributed by atoms with Crippen molar-refractivity contribution in [2.75, 3.05) is 6.54 Å². The number of hydrogen-bond acceptors (Lipinski definition) is 4. The molecular formula is C17H27N3O4. The molecule has 1 aliphatic carbocycles. The summed E-state index contributed by atoms with van der Waals surface area (Å²) in [5.41, 5.74) is 5.39. The Bertz CT molecular complexity index is 534. The van der Waals surface area contributed by atoms with Crippen LogP contribution in [-0.2, 0) is 19.2 Å². The van der Waals surface area contributed by atoms with E-state index in [0.29, 0.717) is 25.8 Å². The van der Waals surface area contributed by atoms with Crippen LogP contribution in [0.1, 0.15) is 52.4 Å². The van der Waals surface area contributed by atoms with Crippen LogP contribution >= 0.6 is 0 Å². The monoisotopic (exact) mass is 337 g/mol. The summed E-state index contributed by atoms with van der Waals surface area (Å²) in [5, 5.41) is 2.83. The highest BCUT2D eigenvalue weighted by atomic mass is 16.2. The summed E-state index contributed by atoms with van der Waals surface area (Å²) in [6.07, 6.45) is 3.24. The van der Waals surface area contributed by atoms with Crippen molar-refractivity contribution in [1.82, 2.24) is 10.2 Å². The van der Waals surface area contributed by atoms with E-state index in [4.69, 9.17) is 5.73 Å². The average molecular weight is 337 g/mol. The Morgan fingerprint density at radius 3 is 2.58 bits per heavy atom. The number of amides is 3. The van der Waals surface area contributed by atoms with Crippen LogP contribution in [0.2, 0.25) is 0 Å². The SMILES string of the molecule is CC[C@H](C)[C@H](NC(=O)C1CCC(=O)C1)C(=O)N1CCC[C@H]1C(N)=O. The largest absolute Gasteiger partial charge is 0.368 e. The zero-order valence-corrected chi connectivity index (χ0v) is 14.4. The summed E-state index contributed by atoms with van der Waals surface area (Å²) in [6, 6.07) is -1.27. The van der Waals surface area contributed by atoms with Crippen LogP contribution < -0.4 is 11.1 Å².